The maximum Gasteiger partial charge on any atom is 0.243 e. The molecule has 35 heavy (non-hydrogen) atoms. The van der Waals surface area contributed by atoms with Gasteiger partial charge in [0.2, 0.25) is 11.9 Å². The van der Waals surface area contributed by atoms with Crippen molar-refractivity contribution in [2.24, 2.45) is 0 Å². The molecule has 3 N–H and O–H groups in total. The van der Waals surface area contributed by atoms with Crippen LogP contribution in [0.1, 0.15) is 21.7 Å². The average molecular weight is 490 g/mol. The van der Waals surface area contributed by atoms with E-state index in [4.69, 9.17) is 0 Å². The number of rotatable bonds is 11. The summed E-state index contributed by atoms with van der Waals surface area (Å²) in [7, 11) is 0. The largest absolute Gasteiger partial charge is 0.358 e. The number of hydrogen-bond donors (Lipinski definition) is 3. The quantitative estimate of drug-likeness (QED) is 0.277. The highest BCUT2D eigenvalue weighted by atomic mass is 32.1. The van der Waals surface area contributed by atoms with Crippen molar-refractivity contribution in [2.45, 2.75) is 32.4 Å². The predicted octanol–water partition coefficient (Wildman–Crippen LogP) is 4.98. The summed E-state index contributed by atoms with van der Waals surface area (Å²) in [6.07, 6.45) is 1.23. The van der Waals surface area contributed by atoms with E-state index in [1.807, 2.05) is 60.8 Å². The number of amides is 1. The Kier molecular flexibility index (Phi) is 8.40. The van der Waals surface area contributed by atoms with Gasteiger partial charge in [0.1, 0.15) is 17.7 Å². The van der Waals surface area contributed by atoms with Gasteiger partial charge < -0.3 is 16.0 Å². The molecule has 8 heteroatoms. The SMILES string of the molecule is Cc1cc(N[C@@H](Cc2ccccc2)C(=O)NCc2cccs2)nc(NCCc2ccc(F)cc2)n1. The van der Waals surface area contributed by atoms with Crippen LogP contribution in [0.15, 0.2) is 78.2 Å². The van der Waals surface area contributed by atoms with Crippen LogP contribution in [0.5, 0.6) is 0 Å². The van der Waals surface area contributed by atoms with Crippen molar-refractivity contribution >= 4 is 29.0 Å². The van der Waals surface area contributed by atoms with Crippen molar-refractivity contribution < 1.29 is 9.18 Å². The lowest BCUT2D eigenvalue weighted by molar-refractivity contribution is -0.122. The van der Waals surface area contributed by atoms with Crippen LogP contribution in [0, 0.1) is 12.7 Å². The van der Waals surface area contributed by atoms with Gasteiger partial charge in [0.05, 0.1) is 6.54 Å². The van der Waals surface area contributed by atoms with Gasteiger partial charge in [-0.05, 0) is 48.1 Å². The second-order valence-electron chi connectivity index (χ2n) is 8.21. The summed E-state index contributed by atoms with van der Waals surface area (Å²) in [6.45, 7) is 2.98. The number of benzene rings is 2. The van der Waals surface area contributed by atoms with Gasteiger partial charge in [-0.3, -0.25) is 4.79 Å². The number of thiophene rings is 1. The lowest BCUT2D eigenvalue weighted by Gasteiger charge is -2.20. The zero-order chi connectivity index (χ0) is 24.5. The Morgan fingerprint density at radius 1 is 1.00 bits per heavy atom. The molecular weight excluding hydrogens is 461 g/mol. The summed E-state index contributed by atoms with van der Waals surface area (Å²) in [5.41, 5.74) is 2.86. The summed E-state index contributed by atoms with van der Waals surface area (Å²) in [5.74, 6) is 0.717. The Bertz CT molecular complexity index is 1220. The van der Waals surface area contributed by atoms with Gasteiger partial charge in [0, 0.05) is 29.6 Å². The van der Waals surface area contributed by atoms with Crippen LogP contribution in [0.3, 0.4) is 0 Å². The number of nitrogens with zero attached hydrogens (tertiary/aromatic N) is 2. The minimum atomic E-state index is -0.501. The normalized spacial score (nSPS) is 11.6. The number of anilines is 2. The molecule has 2 heterocycles. The van der Waals surface area contributed by atoms with Crippen molar-refractivity contribution in [1.82, 2.24) is 15.3 Å². The van der Waals surface area contributed by atoms with E-state index in [9.17, 15) is 9.18 Å². The molecule has 1 amide bonds. The number of nitrogens with one attached hydrogen (secondary N) is 3. The molecule has 0 aliphatic heterocycles. The van der Waals surface area contributed by atoms with E-state index in [2.05, 4.69) is 25.9 Å². The first-order valence-electron chi connectivity index (χ1n) is 11.5. The lowest BCUT2D eigenvalue weighted by Crippen LogP contribution is -2.41. The molecule has 2 aromatic carbocycles. The zero-order valence-electron chi connectivity index (χ0n) is 19.5. The fraction of sp³-hybridized carbons (Fsp3) is 0.222. The van der Waals surface area contributed by atoms with Crippen LogP contribution in [0.2, 0.25) is 0 Å². The molecule has 0 spiro atoms. The molecule has 0 fully saturated rings. The van der Waals surface area contributed by atoms with Crippen molar-refractivity contribution in [3.63, 3.8) is 0 Å². The molecule has 6 nitrogen and oxygen atoms in total. The third kappa shape index (κ3) is 7.61. The minimum absolute atomic E-state index is 0.0932. The van der Waals surface area contributed by atoms with E-state index in [0.29, 0.717) is 37.7 Å². The molecule has 0 saturated heterocycles. The second-order valence-corrected chi connectivity index (χ2v) is 9.24. The van der Waals surface area contributed by atoms with Gasteiger partial charge >= 0.3 is 0 Å². The maximum absolute atomic E-state index is 13.1. The highest BCUT2D eigenvalue weighted by Crippen LogP contribution is 2.15. The lowest BCUT2D eigenvalue weighted by atomic mass is 10.1. The van der Waals surface area contributed by atoms with Gasteiger partial charge in [-0.2, -0.15) is 4.98 Å². The number of aromatic nitrogens is 2. The number of halogens is 1. The minimum Gasteiger partial charge on any atom is -0.358 e. The fourth-order valence-electron chi connectivity index (χ4n) is 3.64. The van der Waals surface area contributed by atoms with E-state index in [-0.39, 0.29) is 11.7 Å². The van der Waals surface area contributed by atoms with Gasteiger partial charge in [-0.25, -0.2) is 9.37 Å². The van der Waals surface area contributed by atoms with Gasteiger partial charge in [0.25, 0.3) is 0 Å². The highest BCUT2D eigenvalue weighted by Gasteiger charge is 2.20. The van der Waals surface area contributed by atoms with Crippen LogP contribution in [0.4, 0.5) is 16.2 Å². The smallest absolute Gasteiger partial charge is 0.243 e. The fourth-order valence-corrected chi connectivity index (χ4v) is 4.28. The molecule has 180 valence electrons. The highest BCUT2D eigenvalue weighted by molar-refractivity contribution is 7.09. The number of aryl methyl sites for hydroxylation is 1. The number of carbonyl (C=O) groups is 1. The van der Waals surface area contributed by atoms with Crippen LogP contribution in [0.25, 0.3) is 0 Å². The molecule has 0 aliphatic carbocycles. The predicted molar refractivity (Wildman–Crippen MR) is 139 cm³/mol. The van der Waals surface area contributed by atoms with Crippen molar-refractivity contribution in [1.29, 1.82) is 0 Å². The summed E-state index contributed by atoms with van der Waals surface area (Å²) >= 11 is 1.61. The molecule has 0 aliphatic rings. The first kappa shape index (κ1) is 24.3. The van der Waals surface area contributed by atoms with Gasteiger partial charge in [-0.1, -0.05) is 48.5 Å². The van der Waals surface area contributed by atoms with Gasteiger partial charge in [0.15, 0.2) is 0 Å². The summed E-state index contributed by atoms with van der Waals surface area (Å²) in [5, 5.41) is 11.6. The van der Waals surface area contributed by atoms with E-state index in [0.717, 1.165) is 21.7 Å². The molecule has 0 radical (unpaired) electrons. The van der Waals surface area contributed by atoms with Crippen molar-refractivity contribution in [3.05, 3.63) is 106 Å². The topological polar surface area (TPSA) is 78.9 Å². The van der Waals surface area contributed by atoms with E-state index < -0.39 is 6.04 Å². The Morgan fingerprint density at radius 2 is 1.80 bits per heavy atom. The van der Waals surface area contributed by atoms with Crippen molar-refractivity contribution in [2.75, 3.05) is 17.2 Å². The molecule has 0 unspecified atom stereocenters. The molecule has 0 bridgehead atoms. The maximum atomic E-state index is 13.1. The zero-order valence-corrected chi connectivity index (χ0v) is 20.3. The Balaban J connectivity index is 1.43. The Labute approximate surface area is 208 Å². The van der Waals surface area contributed by atoms with Crippen LogP contribution in [-0.2, 0) is 24.2 Å². The Hall–Kier alpha value is -3.78. The van der Waals surface area contributed by atoms with Crippen LogP contribution in [-0.4, -0.2) is 28.5 Å². The van der Waals surface area contributed by atoms with E-state index >= 15 is 0 Å². The van der Waals surface area contributed by atoms with Crippen molar-refractivity contribution in [3.8, 4) is 0 Å². The van der Waals surface area contributed by atoms with Gasteiger partial charge in [-0.15, -0.1) is 11.3 Å². The average Bonchev–Trinajstić information content (AvgIpc) is 3.37. The third-order valence-electron chi connectivity index (χ3n) is 5.40. The molecular formula is C27H28FN5OS. The first-order valence-corrected chi connectivity index (χ1v) is 12.4. The van der Waals surface area contributed by atoms with E-state index in [1.165, 1.54) is 12.1 Å². The molecule has 0 saturated carbocycles. The molecule has 4 rings (SSSR count). The second kappa shape index (κ2) is 12.1. The standard InChI is InChI=1S/C27H28FN5OS/c1-19-16-25(33-27(31-19)29-14-13-20-9-11-22(28)12-10-20)32-24(17-21-6-3-2-4-7-21)26(34)30-18-23-8-5-15-35-23/h2-12,15-16,24H,13-14,17-18H2,1H3,(H,30,34)(H2,29,31,32,33)/t24-/m0/s1. The first-order chi connectivity index (χ1) is 17.0. The third-order valence-corrected chi connectivity index (χ3v) is 6.28. The van der Waals surface area contributed by atoms with E-state index in [1.54, 1.807) is 23.5 Å². The monoisotopic (exact) mass is 489 g/mol. The Morgan fingerprint density at radius 3 is 2.54 bits per heavy atom. The van der Waals surface area contributed by atoms with Crippen LogP contribution < -0.4 is 16.0 Å². The summed E-state index contributed by atoms with van der Waals surface area (Å²) in [4.78, 5) is 23.3. The summed E-state index contributed by atoms with van der Waals surface area (Å²) in [6, 6.07) is 21.7. The molecule has 1 atom stereocenters. The molecule has 2 aromatic heterocycles. The summed E-state index contributed by atoms with van der Waals surface area (Å²) < 4.78 is 13.1. The van der Waals surface area contributed by atoms with Crippen LogP contribution >= 0.6 is 11.3 Å². The number of hydrogen-bond acceptors (Lipinski definition) is 6. The number of carbonyl (C=O) groups excluding carboxylic acids is 1. The molecule has 4 aromatic rings.